The first-order chi connectivity index (χ1) is 7.53. The van der Waals surface area contributed by atoms with Crippen LogP contribution in [0.15, 0.2) is 0 Å². The molecule has 1 saturated heterocycles. The smallest absolute Gasteiger partial charge is 0.320 e. The number of hydrogen-bond donors (Lipinski definition) is 1. The summed E-state index contributed by atoms with van der Waals surface area (Å²) in [6.45, 7) is 0. The fourth-order valence-corrected chi connectivity index (χ4v) is 2.98. The van der Waals surface area contributed by atoms with Crippen LogP contribution in [0.25, 0.3) is 0 Å². The second-order valence-corrected chi connectivity index (χ2v) is 4.80. The highest BCUT2D eigenvalue weighted by molar-refractivity contribution is 7.99. The minimum Gasteiger partial charge on any atom is -0.481 e. The standard InChI is InChI=1S/C10H14O5S/c1-15-9(14)10(4-2-8(12)13)6-16-5-3-7(10)11/h2-6H2,1H3,(H,12,13). The molecule has 0 amide bonds. The van der Waals surface area contributed by atoms with Crippen molar-refractivity contribution >= 4 is 29.5 Å². The van der Waals surface area contributed by atoms with Gasteiger partial charge in [0, 0.05) is 24.3 Å². The van der Waals surface area contributed by atoms with Gasteiger partial charge in [-0.3, -0.25) is 14.4 Å². The van der Waals surface area contributed by atoms with Crippen LogP contribution in [0.5, 0.6) is 0 Å². The summed E-state index contributed by atoms with van der Waals surface area (Å²) >= 11 is 1.49. The minimum atomic E-state index is -1.24. The van der Waals surface area contributed by atoms with Crippen molar-refractivity contribution in [1.29, 1.82) is 0 Å². The van der Waals surface area contributed by atoms with E-state index < -0.39 is 17.4 Å². The van der Waals surface area contributed by atoms with E-state index in [-0.39, 0.29) is 18.6 Å². The van der Waals surface area contributed by atoms with E-state index in [1.54, 1.807) is 0 Å². The average molecular weight is 246 g/mol. The molecule has 0 aromatic heterocycles. The summed E-state index contributed by atoms with van der Waals surface area (Å²) < 4.78 is 4.63. The third-order valence-corrected chi connectivity index (χ3v) is 3.89. The molecule has 1 aliphatic rings. The molecular weight excluding hydrogens is 232 g/mol. The van der Waals surface area contributed by atoms with Crippen molar-refractivity contribution in [3.63, 3.8) is 0 Å². The highest BCUT2D eigenvalue weighted by Gasteiger charge is 2.48. The maximum absolute atomic E-state index is 11.8. The number of Topliss-reactive ketones (excluding diaryl/α,β-unsaturated/α-hetero) is 1. The molecule has 0 aromatic carbocycles. The fourth-order valence-electron chi connectivity index (χ4n) is 1.73. The van der Waals surface area contributed by atoms with Crippen LogP contribution in [0, 0.1) is 5.41 Å². The Kier molecular flexibility index (Phi) is 4.35. The molecule has 16 heavy (non-hydrogen) atoms. The van der Waals surface area contributed by atoms with Gasteiger partial charge in [-0.25, -0.2) is 0 Å². The minimum absolute atomic E-state index is 0.0286. The Hall–Kier alpha value is -1.04. The van der Waals surface area contributed by atoms with Crippen LogP contribution < -0.4 is 0 Å². The van der Waals surface area contributed by atoms with Crippen LogP contribution in [0.4, 0.5) is 0 Å². The topological polar surface area (TPSA) is 80.7 Å². The van der Waals surface area contributed by atoms with Crippen LogP contribution in [0.3, 0.4) is 0 Å². The number of ketones is 1. The van der Waals surface area contributed by atoms with Crippen molar-refractivity contribution in [2.75, 3.05) is 18.6 Å². The van der Waals surface area contributed by atoms with Gasteiger partial charge >= 0.3 is 11.9 Å². The monoisotopic (exact) mass is 246 g/mol. The normalized spacial score (nSPS) is 25.2. The van der Waals surface area contributed by atoms with E-state index in [4.69, 9.17) is 5.11 Å². The SMILES string of the molecule is COC(=O)C1(CCC(=O)O)CSCCC1=O. The van der Waals surface area contributed by atoms with Crippen LogP contribution in [0.1, 0.15) is 19.3 Å². The van der Waals surface area contributed by atoms with Gasteiger partial charge in [-0.1, -0.05) is 0 Å². The number of carbonyl (C=O) groups is 3. The summed E-state index contributed by atoms with van der Waals surface area (Å²) in [6, 6.07) is 0. The number of ether oxygens (including phenoxy) is 1. The van der Waals surface area contributed by atoms with E-state index in [9.17, 15) is 14.4 Å². The first-order valence-electron chi connectivity index (χ1n) is 4.94. The van der Waals surface area contributed by atoms with Gasteiger partial charge in [0.25, 0.3) is 0 Å². The van der Waals surface area contributed by atoms with Crippen LogP contribution in [-0.4, -0.2) is 41.4 Å². The van der Waals surface area contributed by atoms with Crippen molar-refractivity contribution in [3.05, 3.63) is 0 Å². The van der Waals surface area contributed by atoms with Crippen LogP contribution >= 0.6 is 11.8 Å². The van der Waals surface area contributed by atoms with Crippen molar-refractivity contribution in [1.82, 2.24) is 0 Å². The number of hydrogen-bond acceptors (Lipinski definition) is 5. The molecule has 1 atom stereocenters. The predicted octanol–water partition coefficient (Wildman–Crippen LogP) is 0.717. The van der Waals surface area contributed by atoms with Gasteiger partial charge in [0.1, 0.15) is 5.41 Å². The summed E-state index contributed by atoms with van der Waals surface area (Å²) in [5.41, 5.74) is -1.24. The molecule has 90 valence electrons. The predicted molar refractivity (Wildman–Crippen MR) is 58.3 cm³/mol. The van der Waals surface area contributed by atoms with Gasteiger partial charge in [0.15, 0.2) is 5.78 Å². The second-order valence-electron chi connectivity index (χ2n) is 3.69. The summed E-state index contributed by atoms with van der Waals surface area (Å²) in [7, 11) is 1.22. The summed E-state index contributed by atoms with van der Waals surface area (Å²) in [6.07, 6.45) is 0.141. The Morgan fingerprint density at radius 2 is 2.25 bits per heavy atom. The Morgan fingerprint density at radius 3 is 2.75 bits per heavy atom. The number of carbonyl (C=O) groups excluding carboxylic acids is 2. The van der Waals surface area contributed by atoms with Crippen molar-refractivity contribution in [2.45, 2.75) is 19.3 Å². The summed E-state index contributed by atoms with van der Waals surface area (Å²) in [4.78, 5) is 34.0. The molecule has 1 fully saturated rings. The third-order valence-electron chi connectivity index (χ3n) is 2.70. The lowest BCUT2D eigenvalue weighted by atomic mass is 9.79. The number of carboxylic acid groups (broad SMARTS) is 1. The lowest BCUT2D eigenvalue weighted by molar-refractivity contribution is -0.157. The van der Waals surface area contributed by atoms with E-state index >= 15 is 0 Å². The number of esters is 1. The number of thioether (sulfide) groups is 1. The maximum atomic E-state index is 11.8. The molecule has 1 unspecified atom stereocenters. The molecule has 1 aliphatic heterocycles. The van der Waals surface area contributed by atoms with Crippen molar-refractivity contribution in [3.8, 4) is 0 Å². The quantitative estimate of drug-likeness (QED) is 0.581. The number of rotatable bonds is 4. The third kappa shape index (κ3) is 2.55. The van der Waals surface area contributed by atoms with E-state index in [0.717, 1.165) is 0 Å². The van der Waals surface area contributed by atoms with Crippen molar-refractivity contribution in [2.24, 2.45) is 5.41 Å². The van der Waals surface area contributed by atoms with E-state index in [2.05, 4.69) is 4.74 Å². The molecule has 5 nitrogen and oxygen atoms in total. The Bertz CT molecular complexity index is 304. The maximum Gasteiger partial charge on any atom is 0.320 e. The Labute approximate surface area is 97.5 Å². The molecule has 0 radical (unpaired) electrons. The first kappa shape index (κ1) is 13.0. The molecule has 1 heterocycles. The highest BCUT2D eigenvalue weighted by atomic mass is 32.2. The first-order valence-corrected chi connectivity index (χ1v) is 6.09. The number of aliphatic carboxylic acids is 1. The van der Waals surface area contributed by atoms with E-state index in [1.165, 1.54) is 18.9 Å². The zero-order valence-corrected chi connectivity index (χ0v) is 9.84. The fraction of sp³-hybridized carbons (Fsp3) is 0.700. The molecule has 0 aliphatic carbocycles. The van der Waals surface area contributed by atoms with Gasteiger partial charge in [-0.05, 0) is 6.42 Å². The summed E-state index contributed by atoms with van der Waals surface area (Å²) in [5, 5.41) is 8.63. The second kappa shape index (κ2) is 5.34. The van der Waals surface area contributed by atoms with Gasteiger partial charge in [-0.15, -0.1) is 0 Å². The molecule has 0 bridgehead atoms. The lowest BCUT2D eigenvalue weighted by Gasteiger charge is -2.32. The molecule has 1 N–H and O–H groups in total. The average Bonchev–Trinajstić information content (AvgIpc) is 2.27. The molecule has 0 spiro atoms. The number of methoxy groups -OCH3 is 1. The Morgan fingerprint density at radius 1 is 1.56 bits per heavy atom. The highest BCUT2D eigenvalue weighted by Crippen LogP contribution is 2.36. The zero-order chi connectivity index (χ0) is 12.2. The molecule has 0 saturated carbocycles. The lowest BCUT2D eigenvalue weighted by Crippen LogP contribution is -2.45. The van der Waals surface area contributed by atoms with Crippen LogP contribution in [-0.2, 0) is 19.1 Å². The molecule has 1 rings (SSSR count). The van der Waals surface area contributed by atoms with Gasteiger partial charge in [0.2, 0.25) is 0 Å². The van der Waals surface area contributed by atoms with Gasteiger partial charge in [0.05, 0.1) is 7.11 Å². The zero-order valence-electron chi connectivity index (χ0n) is 9.02. The Balaban J connectivity index is 2.86. The van der Waals surface area contributed by atoms with E-state index in [1.807, 2.05) is 0 Å². The summed E-state index contributed by atoms with van der Waals surface area (Å²) in [5.74, 6) is -0.798. The van der Waals surface area contributed by atoms with Crippen LogP contribution in [0.2, 0.25) is 0 Å². The molecule has 6 heteroatoms. The van der Waals surface area contributed by atoms with Gasteiger partial charge < -0.3 is 9.84 Å². The van der Waals surface area contributed by atoms with Gasteiger partial charge in [-0.2, -0.15) is 11.8 Å². The number of carboxylic acids is 1. The molecule has 0 aromatic rings. The molecular formula is C10H14O5S. The van der Waals surface area contributed by atoms with Crippen molar-refractivity contribution < 1.29 is 24.2 Å². The van der Waals surface area contributed by atoms with E-state index in [0.29, 0.717) is 17.9 Å². The largest absolute Gasteiger partial charge is 0.481 e.